The maximum Gasteiger partial charge on any atom is 0.178 e. The highest BCUT2D eigenvalue weighted by Crippen LogP contribution is 2.25. The largest absolute Gasteiger partial charge is 0.261 e. The Balaban J connectivity index is 2.52. The molecule has 5 heteroatoms. The lowest BCUT2D eigenvalue weighted by molar-refractivity contribution is 1.07. The van der Waals surface area contributed by atoms with Gasteiger partial charge in [0.15, 0.2) is 3.01 Å². The smallest absolute Gasteiger partial charge is 0.178 e. The van der Waals surface area contributed by atoms with Crippen LogP contribution in [0.1, 0.15) is 5.69 Å². The minimum Gasteiger partial charge on any atom is -0.261 e. The highest BCUT2D eigenvalue weighted by Gasteiger charge is 2.06. The first-order valence-corrected chi connectivity index (χ1v) is 5.58. The molecule has 0 saturated heterocycles. The Kier molecular flexibility index (Phi) is 2.54. The normalized spacial score (nSPS) is 10.3. The zero-order chi connectivity index (χ0) is 9.26. The molecule has 0 spiro atoms. The quantitative estimate of drug-likeness (QED) is 0.760. The Labute approximate surface area is 93.4 Å². The van der Waals surface area contributed by atoms with Gasteiger partial charge in [0.05, 0.1) is 0 Å². The molecule has 13 heavy (non-hydrogen) atoms. The second-order valence-corrected chi connectivity index (χ2v) is 5.23. The van der Waals surface area contributed by atoms with E-state index in [2.05, 4.69) is 37.8 Å². The molecule has 0 atom stereocenters. The molecule has 0 bridgehead atoms. The number of pyridine rings is 1. The highest BCUT2D eigenvalue weighted by atomic mass is 127. The van der Waals surface area contributed by atoms with Gasteiger partial charge in [0.2, 0.25) is 0 Å². The monoisotopic (exact) mass is 303 g/mol. The van der Waals surface area contributed by atoms with E-state index >= 15 is 0 Å². The number of hydrogen-bond acceptors (Lipinski definition) is 4. The van der Waals surface area contributed by atoms with Crippen LogP contribution in [-0.2, 0) is 0 Å². The summed E-state index contributed by atoms with van der Waals surface area (Å²) in [7, 11) is 0. The number of aromatic nitrogens is 3. The van der Waals surface area contributed by atoms with Crippen LogP contribution in [0.4, 0.5) is 0 Å². The summed E-state index contributed by atoms with van der Waals surface area (Å²) in [6, 6.07) is 3.93. The van der Waals surface area contributed by atoms with Crippen molar-refractivity contribution in [2.24, 2.45) is 0 Å². The van der Waals surface area contributed by atoms with Gasteiger partial charge in [-0.3, -0.25) is 4.98 Å². The Morgan fingerprint density at radius 1 is 1.38 bits per heavy atom. The van der Waals surface area contributed by atoms with E-state index in [1.54, 1.807) is 17.5 Å². The van der Waals surface area contributed by atoms with E-state index in [1.165, 1.54) is 0 Å². The van der Waals surface area contributed by atoms with Crippen LogP contribution in [0.5, 0.6) is 0 Å². The van der Waals surface area contributed by atoms with Crippen molar-refractivity contribution in [3.63, 3.8) is 0 Å². The van der Waals surface area contributed by atoms with Crippen molar-refractivity contribution in [2.75, 3.05) is 0 Å². The van der Waals surface area contributed by atoms with Crippen LogP contribution in [-0.4, -0.2) is 15.2 Å². The predicted molar refractivity (Wildman–Crippen MR) is 60.6 cm³/mol. The summed E-state index contributed by atoms with van der Waals surface area (Å²) in [6.45, 7) is 1.98. The van der Waals surface area contributed by atoms with Crippen molar-refractivity contribution in [1.29, 1.82) is 0 Å². The van der Waals surface area contributed by atoms with Gasteiger partial charge < -0.3 is 0 Å². The minimum atomic E-state index is 0.940. The van der Waals surface area contributed by atoms with Crippen LogP contribution in [0.2, 0.25) is 0 Å². The summed E-state index contributed by atoms with van der Waals surface area (Å²) >= 11 is 3.74. The molecule has 0 amide bonds. The molecule has 0 unspecified atom stereocenters. The number of rotatable bonds is 1. The fraction of sp³-hybridized carbons (Fsp3) is 0.125. The summed E-state index contributed by atoms with van der Waals surface area (Å²) in [5.41, 5.74) is 2.07. The van der Waals surface area contributed by atoms with Crippen LogP contribution in [0.3, 0.4) is 0 Å². The maximum absolute atomic E-state index is 4.20. The summed E-state index contributed by atoms with van der Waals surface area (Å²) in [5.74, 6) is 0. The van der Waals surface area contributed by atoms with E-state index in [-0.39, 0.29) is 0 Å². The molecule has 0 aliphatic rings. The molecule has 2 aromatic heterocycles. The van der Waals surface area contributed by atoms with Gasteiger partial charge in [-0.1, -0.05) is 11.3 Å². The van der Waals surface area contributed by atoms with Crippen LogP contribution >= 0.6 is 33.9 Å². The maximum atomic E-state index is 4.20. The SMILES string of the molecule is Cc1ncccc1-c1nnc(I)s1. The van der Waals surface area contributed by atoms with Crippen molar-refractivity contribution >= 4 is 33.9 Å². The summed E-state index contributed by atoms with van der Waals surface area (Å²) < 4.78 is 0.954. The third kappa shape index (κ3) is 1.86. The van der Waals surface area contributed by atoms with E-state index < -0.39 is 0 Å². The summed E-state index contributed by atoms with van der Waals surface area (Å²) in [6.07, 6.45) is 1.78. The zero-order valence-electron chi connectivity index (χ0n) is 6.86. The van der Waals surface area contributed by atoms with E-state index in [0.717, 1.165) is 19.3 Å². The van der Waals surface area contributed by atoms with Crippen molar-refractivity contribution in [3.8, 4) is 10.6 Å². The number of nitrogens with zero attached hydrogens (tertiary/aromatic N) is 3. The Morgan fingerprint density at radius 3 is 2.85 bits per heavy atom. The average Bonchev–Trinajstić information content (AvgIpc) is 2.53. The van der Waals surface area contributed by atoms with Crippen LogP contribution in [0.15, 0.2) is 18.3 Å². The van der Waals surface area contributed by atoms with E-state index in [9.17, 15) is 0 Å². The molecule has 0 saturated carbocycles. The lowest BCUT2D eigenvalue weighted by Gasteiger charge is -1.97. The molecule has 0 aliphatic carbocycles. The number of hydrogen-bond donors (Lipinski definition) is 0. The Morgan fingerprint density at radius 2 is 2.23 bits per heavy atom. The van der Waals surface area contributed by atoms with Crippen LogP contribution in [0, 0.1) is 9.94 Å². The van der Waals surface area contributed by atoms with Gasteiger partial charge in [-0.25, -0.2) is 0 Å². The molecule has 0 aliphatic heterocycles. The molecule has 66 valence electrons. The summed E-state index contributed by atoms with van der Waals surface area (Å²) in [5, 5.41) is 8.97. The zero-order valence-corrected chi connectivity index (χ0v) is 9.83. The van der Waals surface area contributed by atoms with Gasteiger partial charge in [-0.15, -0.1) is 10.2 Å². The lowest BCUT2D eigenvalue weighted by Crippen LogP contribution is -1.85. The van der Waals surface area contributed by atoms with Crippen molar-refractivity contribution in [2.45, 2.75) is 6.92 Å². The van der Waals surface area contributed by atoms with E-state index in [1.807, 2.05) is 19.1 Å². The molecule has 0 fully saturated rings. The third-order valence-electron chi connectivity index (χ3n) is 1.64. The van der Waals surface area contributed by atoms with Gasteiger partial charge in [0.25, 0.3) is 0 Å². The molecular weight excluding hydrogens is 297 g/mol. The minimum absolute atomic E-state index is 0.940. The van der Waals surface area contributed by atoms with Crippen molar-refractivity contribution in [1.82, 2.24) is 15.2 Å². The second-order valence-electron chi connectivity index (χ2n) is 2.50. The average molecular weight is 303 g/mol. The topological polar surface area (TPSA) is 38.7 Å². The van der Waals surface area contributed by atoms with Gasteiger partial charge in [0.1, 0.15) is 5.01 Å². The molecular formula is C8H6IN3S. The molecule has 3 nitrogen and oxygen atoms in total. The first-order valence-electron chi connectivity index (χ1n) is 3.68. The van der Waals surface area contributed by atoms with Gasteiger partial charge in [-0.05, 0) is 41.6 Å². The first kappa shape index (κ1) is 9.01. The Hall–Kier alpha value is -0.560. The second kappa shape index (κ2) is 3.67. The first-order chi connectivity index (χ1) is 6.27. The van der Waals surface area contributed by atoms with Crippen LogP contribution < -0.4 is 0 Å². The fourth-order valence-corrected chi connectivity index (χ4v) is 2.41. The predicted octanol–water partition coefficient (Wildman–Crippen LogP) is 2.51. The van der Waals surface area contributed by atoms with E-state index in [0.29, 0.717) is 0 Å². The Bertz CT molecular complexity index is 427. The van der Waals surface area contributed by atoms with Gasteiger partial charge in [-0.2, -0.15) is 0 Å². The molecule has 2 heterocycles. The molecule has 0 N–H and O–H groups in total. The molecule has 2 aromatic rings. The lowest BCUT2D eigenvalue weighted by atomic mass is 10.2. The number of aryl methyl sites for hydroxylation is 1. The third-order valence-corrected chi connectivity index (χ3v) is 3.26. The van der Waals surface area contributed by atoms with Crippen LogP contribution in [0.25, 0.3) is 10.6 Å². The van der Waals surface area contributed by atoms with Crippen molar-refractivity contribution < 1.29 is 0 Å². The number of halogens is 1. The van der Waals surface area contributed by atoms with Gasteiger partial charge >= 0.3 is 0 Å². The molecule has 2 rings (SSSR count). The summed E-state index contributed by atoms with van der Waals surface area (Å²) in [4.78, 5) is 4.20. The fourth-order valence-electron chi connectivity index (χ4n) is 1.02. The highest BCUT2D eigenvalue weighted by molar-refractivity contribution is 14.1. The standard InChI is InChI=1S/C8H6IN3S/c1-5-6(3-2-4-10-5)7-11-12-8(9)13-7/h2-4H,1H3. The van der Waals surface area contributed by atoms with Crippen molar-refractivity contribution in [3.05, 3.63) is 27.0 Å². The van der Waals surface area contributed by atoms with E-state index in [4.69, 9.17) is 0 Å². The van der Waals surface area contributed by atoms with Gasteiger partial charge in [0, 0.05) is 17.5 Å². The molecule has 0 radical (unpaired) electrons. The molecule has 0 aromatic carbocycles.